The van der Waals surface area contributed by atoms with Crippen LogP contribution in [-0.4, -0.2) is 29.0 Å². The number of para-hydroxylation sites is 1. The molecule has 0 aliphatic carbocycles. The second kappa shape index (κ2) is 10.6. The van der Waals surface area contributed by atoms with E-state index in [1.54, 1.807) is 48.5 Å². The van der Waals surface area contributed by atoms with E-state index in [1.807, 2.05) is 17.0 Å². The SMILES string of the molecule is O=C(NC(=S)Nc1ccc(-c2cc3ccccc3oc2=O)c(Cl)c1)c1ccc(N2CCCC2)c([N+](=O)[O-])c1. The van der Waals surface area contributed by atoms with Crippen LogP contribution in [0.25, 0.3) is 22.1 Å². The van der Waals surface area contributed by atoms with Gasteiger partial charge in [0.25, 0.3) is 11.6 Å². The summed E-state index contributed by atoms with van der Waals surface area (Å²) in [6.45, 7) is 1.49. The molecule has 1 amide bonds. The second-order valence-corrected chi connectivity index (χ2v) is 9.56. The van der Waals surface area contributed by atoms with Crippen molar-refractivity contribution < 1.29 is 14.1 Å². The summed E-state index contributed by atoms with van der Waals surface area (Å²) < 4.78 is 5.40. The third-order valence-electron chi connectivity index (χ3n) is 6.27. The van der Waals surface area contributed by atoms with E-state index in [-0.39, 0.29) is 21.4 Å². The molecule has 1 aliphatic heterocycles. The molecule has 4 aromatic rings. The van der Waals surface area contributed by atoms with E-state index < -0.39 is 16.5 Å². The Kier molecular flexibility index (Phi) is 7.08. The lowest BCUT2D eigenvalue weighted by Gasteiger charge is -2.18. The molecule has 5 rings (SSSR count). The molecule has 0 spiro atoms. The molecule has 192 valence electrons. The molecule has 1 aliphatic rings. The lowest BCUT2D eigenvalue weighted by atomic mass is 10.1. The maximum absolute atomic E-state index is 12.8. The topological polar surface area (TPSA) is 118 Å². The highest BCUT2D eigenvalue weighted by atomic mass is 35.5. The van der Waals surface area contributed by atoms with Gasteiger partial charge in [-0.3, -0.25) is 20.2 Å². The van der Waals surface area contributed by atoms with Gasteiger partial charge in [-0.15, -0.1) is 0 Å². The van der Waals surface area contributed by atoms with Gasteiger partial charge in [-0.1, -0.05) is 35.9 Å². The van der Waals surface area contributed by atoms with Gasteiger partial charge in [-0.2, -0.15) is 0 Å². The number of nitro benzene ring substituents is 1. The zero-order chi connectivity index (χ0) is 26.8. The molecule has 2 N–H and O–H groups in total. The molecular formula is C27H21ClN4O5S. The number of carbonyl (C=O) groups is 1. The zero-order valence-electron chi connectivity index (χ0n) is 19.9. The van der Waals surface area contributed by atoms with Crippen molar-refractivity contribution in [3.05, 3.63) is 97.9 Å². The molecule has 9 nitrogen and oxygen atoms in total. The maximum Gasteiger partial charge on any atom is 0.344 e. The second-order valence-electron chi connectivity index (χ2n) is 8.74. The standard InChI is InChI=1S/C27H21ClN4O5S/c28-21-15-18(8-9-19(21)20-13-16-5-1-2-6-24(16)37-26(20)34)29-27(38)30-25(33)17-7-10-22(23(14-17)32(35)36)31-11-3-4-12-31/h1-2,5-10,13-15H,3-4,11-12H2,(H2,29,30,33,38). The third-order valence-corrected chi connectivity index (χ3v) is 6.78. The molecular weight excluding hydrogens is 528 g/mol. The summed E-state index contributed by atoms with van der Waals surface area (Å²) in [5.41, 5.74) is 1.72. The highest BCUT2D eigenvalue weighted by Gasteiger charge is 2.24. The summed E-state index contributed by atoms with van der Waals surface area (Å²) in [6.07, 6.45) is 1.94. The van der Waals surface area contributed by atoms with E-state index >= 15 is 0 Å². The highest BCUT2D eigenvalue weighted by molar-refractivity contribution is 7.80. The largest absolute Gasteiger partial charge is 0.422 e. The Morgan fingerprint density at radius 1 is 1.03 bits per heavy atom. The van der Waals surface area contributed by atoms with Gasteiger partial charge < -0.3 is 14.6 Å². The van der Waals surface area contributed by atoms with Crippen molar-refractivity contribution in [1.82, 2.24) is 5.32 Å². The molecule has 0 atom stereocenters. The number of carbonyl (C=O) groups excluding carboxylic acids is 1. The van der Waals surface area contributed by atoms with Crippen LogP contribution in [0.2, 0.25) is 5.02 Å². The normalized spacial score (nSPS) is 12.9. The Morgan fingerprint density at radius 2 is 1.79 bits per heavy atom. The van der Waals surface area contributed by atoms with Crippen LogP contribution in [0.3, 0.4) is 0 Å². The molecule has 2 heterocycles. The zero-order valence-corrected chi connectivity index (χ0v) is 21.5. The summed E-state index contributed by atoms with van der Waals surface area (Å²) in [5, 5.41) is 18.1. The summed E-state index contributed by atoms with van der Waals surface area (Å²) in [5.74, 6) is -0.588. The van der Waals surface area contributed by atoms with Gasteiger partial charge in [0.2, 0.25) is 0 Å². The van der Waals surface area contributed by atoms with Crippen LogP contribution in [0.1, 0.15) is 23.2 Å². The number of thiocarbonyl (C=S) groups is 1. The van der Waals surface area contributed by atoms with E-state index in [1.165, 1.54) is 6.07 Å². The smallest absolute Gasteiger partial charge is 0.344 e. The van der Waals surface area contributed by atoms with Crippen LogP contribution in [0.4, 0.5) is 17.1 Å². The van der Waals surface area contributed by atoms with Crippen molar-refractivity contribution in [1.29, 1.82) is 0 Å². The van der Waals surface area contributed by atoms with E-state index in [9.17, 15) is 19.7 Å². The molecule has 3 aromatic carbocycles. The number of fused-ring (bicyclic) bond motifs is 1. The predicted octanol–water partition coefficient (Wildman–Crippen LogP) is 5.75. The first-order chi connectivity index (χ1) is 18.3. The highest BCUT2D eigenvalue weighted by Crippen LogP contribution is 2.32. The number of amides is 1. The minimum atomic E-state index is -0.588. The fraction of sp³-hybridized carbons (Fsp3) is 0.148. The molecule has 0 saturated carbocycles. The van der Waals surface area contributed by atoms with Gasteiger partial charge in [0.05, 0.1) is 15.5 Å². The van der Waals surface area contributed by atoms with Crippen molar-refractivity contribution in [2.75, 3.05) is 23.3 Å². The first-order valence-electron chi connectivity index (χ1n) is 11.8. The van der Waals surface area contributed by atoms with Gasteiger partial charge in [0, 0.05) is 41.4 Å². The summed E-state index contributed by atoms with van der Waals surface area (Å²) >= 11 is 11.7. The van der Waals surface area contributed by atoms with Crippen molar-refractivity contribution in [3.63, 3.8) is 0 Å². The van der Waals surface area contributed by atoms with Gasteiger partial charge in [-0.05, 0) is 61.5 Å². The number of nitrogens with one attached hydrogen (secondary N) is 2. The molecule has 1 saturated heterocycles. The lowest BCUT2D eigenvalue weighted by Crippen LogP contribution is -2.34. The third kappa shape index (κ3) is 5.22. The van der Waals surface area contributed by atoms with Gasteiger partial charge in [0.15, 0.2) is 5.11 Å². The fourth-order valence-electron chi connectivity index (χ4n) is 4.43. The first kappa shape index (κ1) is 25.4. The monoisotopic (exact) mass is 548 g/mol. The number of rotatable bonds is 5. The molecule has 0 radical (unpaired) electrons. The molecule has 11 heteroatoms. The quantitative estimate of drug-likeness (QED) is 0.140. The maximum atomic E-state index is 12.8. The Morgan fingerprint density at radius 3 is 2.53 bits per heavy atom. The molecule has 0 unspecified atom stereocenters. The van der Waals surface area contributed by atoms with E-state index in [2.05, 4.69) is 10.6 Å². The fourth-order valence-corrected chi connectivity index (χ4v) is 4.93. The lowest BCUT2D eigenvalue weighted by molar-refractivity contribution is -0.384. The summed E-state index contributed by atoms with van der Waals surface area (Å²) in [7, 11) is 0. The van der Waals surface area contributed by atoms with Crippen LogP contribution >= 0.6 is 23.8 Å². The van der Waals surface area contributed by atoms with Crippen molar-refractivity contribution >= 4 is 62.9 Å². The average molecular weight is 549 g/mol. The van der Waals surface area contributed by atoms with E-state index in [0.29, 0.717) is 28.1 Å². The molecule has 1 aromatic heterocycles. The Labute approximate surface area is 227 Å². The number of nitrogens with zero attached hydrogens (tertiary/aromatic N) is 2. The Bertz CT molecular complexity index is 1650. The number of nitro groups is 1. The number of benzene rings is 3. The number of hydrogen-bond donors (Lipinski definition) is 2. The Balaban J connectivity index is 1.30. The van der Waals surface area contributed by atoms with Gasteiger partial charge in [0.1, 0.15) is 11.3 Å². The number of halogens is 1. The molecule has 38 heavy (non-hydrogen) atoms. The van der Waals surface area contributed by atoms with Crippen LogP contribution in [-0.2, 0) is 0 Å². The van der Waals surface area contributed by atoms with Crippen molar-refractivity contribution in [3.8, 4) is 11.1 Å². The van der Waals surface area contributed by atoms with Crippen LogP contribution in [0.15, 0.2) is 75.9 Å². The van der Waals surface area contributed by atoms with Crippen molar-refractivity contribution in [2.45, 2.75) is 12.8 Å². The predicted molar refractivity (Wildman–Crippen MR) is 151 cm³/mol. The van der Waals surface area contributed by atoms with Crippen LogP contribution in [0, 0.1) is 10.1 Å². The van der Waals surface area contributed by atoms with E-state index in [0.717, 1.165) is 31.3 Å². The van der Waals surface area contributed by atoms with Crippen LogP contribution < -0.4 is 21.2 Å². The number of anilines is 2. The molecule has 1 fully saturated rings. The minimum Gasteiger partial charge on any atom is -0.422 e. The Hall–Kier alpha value is -4.28. The number of hydrogen-bond acceptors (Lipinski definition) is 7. The van der Waals surface area contributed by atoms with Crippen molar-refractivity contribution in [2.24, 2.45) is 0 Å². The van der Waals surface area contributed by atoms with Gasteiger partial charge >= 0.3 is 5.63 Å². The minimum absolute atomic E-state index is 0.0182. The first-order valence-corrected chi connectivity index (χ1v) is 12.6. The average Bonchev–Trinajstić information content (AvgIpc) is 3.43. The van der Waals surface area contributed by atoms with Gasteiger partial charge in [-0.25, -0.2) is 4.79 Å². The summed E-state index contributed by atoms with van der Waals surface area (Å²) in [6, 6.07) is 18.2. The van der Waals surface area contributed by atoms with E-state index in [4.69, 9.17) is 28.2 Å². The summed E-state index contributed by atoms with van der Waals surface area (Å²) in [4.78, 5) is 38.4. The van der Waals surface area contributed by atoms with Crippen LogP contribution in [0.5, 0.6) is 0 Å². The molecule has 0 bridgehead atoms.